The first kappa shape index (κ1) is 20.9. The number of hydrazone groups is 1. The van der Waals surface area contributed by atoms with E-state index >= 15 is 0 Å². The maximum Gasteiger partial charge on any atom is 0.264 e. The Morgan fingerprint density at radius 3 is 2.83 bits per heavy atom. The highest BCUT2D eigenvalue weighted by atomic mass is 35.5. The molecule has 150 valence electrons. The van der Waals surface area contributed by atoms with E-state index in [0.717, 1.165) is 16.4 Å². The molecule has 0 fully saturated rings. The summed E-state index contributed by atoms with van der Waals surface area (Å²) in [5, 5.41) is 15.1. The van der Waals surface area contributed by atoms with Crippen LogP contribution in [0.3, 0.4) is 0 Å². The van der Waals surface area contributed by atoms with Gasteiger partial charge in [-0.2, -0.15) is 5.10 Å². The summed E-state index contributed by atoms with van der Waals surface area (Å²) in [6.07, 6.45) is 1.29. The zero-order valence-electron chi connectivity index (χ0n) is 14.6. The van der Waals surface area contributed by atoms with Crippen LogP contribution in [0.15, 0.2) is 52.7 Å². The molecule has 0 saturated heterocycles. The molecule has 0 bridgehead atoms. The van der Waals surface area contributed by atoms with E-state index in [4.69, 9.17) is 29.0 Å². The van der Waals surface area contributed by atoms with Crippen LogP contribution in [0.1, 0.15) is 5.56 Å². The first-order valence-electron chi connectivity index (χ1n) is 8.06. The van der Waals surface area contributed by atoms with Crippen molar-refractivity contribution in [2.45, 2.75) is 5.16 Å². The second-order valence-corrected chi connectivity index (χ2v) is 7.23. The molecule has 1 amide bonds. The number of amides is 1. The van der Waals surface area contributed by atoms with E-state index in [9.17, 15) is 9.18 Å². The molecular formula is C17H14Cl2FN7OS. The zero-order chi connectivity index (χ0) is 20.8. The number of anilines is 2. The molecule has 1 aromatic heterocycles. The number of hydrogen-bond donors (Lipinski definition) is 3. The first-order valence-corrected chi connectivity index (χ1v) is 9.80. The highest BCUT2D eigenvalue weighted by Gasteiger charge is 2.13. The Hall–Kier alpha value is -2.82. The molecule has 8 nitrogen and oxygen atoms in total. The van der Waals surface area contributed by atoms with Crippen LogP contribution >= 0.6 is 35.0 Å². The van der Waals surface area contributed by atoms with E-state index in [0.29, 0.717) is 16.3 Å². The highest BCUT2D eigenvalue weighted by Crippen LogP contribution is 2.29. The molecule has 29 heavy (non-hydrogen) atoms. The number of carbonyl (C=O) groups is 1. The van der Waals surface area contributed by atoms with Crippen molar-refractivity contribution in [3.63, 3.8) is 0 Å². The van der Waals surface area contributed by atoms with Crippen LogP contribution in [0, 0.1) is 5.82 Å². The number of hydrogen-bond acceptors (Lipinski definition) is 7. The molecule has 0 aliphatic carbocycles. The smallest absolute Gasteiger partial charge is 0.264 e. The Morgan fingerprint density at radius 1 is 1.24 bits per heavy atom. The third-order valence-corrected chi connectivity index (χ3v) is 5.26. The second kappa shape index (κ2) is 9.59. The van der Waals surface area contributed by atoms with Gasteiger partial charge in [-0.05, 0) is 18.2 Å². The van der Waals surface area contributed by atoms with Crippen LogP contribution in [0.5, 0.6) is 0 Å². The number of benzene rings is 2. The van der Waals surface area contributed by atoms with Crippen LogP contribution in [0.4, 0.5) is 16.0 Å². The molecule has 0 aliphatic heterocycles. The number of halogens is 3. The van der Waals surface area contributed by atoms with Gasteiger partial charge in [0.25, 0.3) is 5.95 Å². The van der Waals surface area contributed by atoms with E-state index in [1.165, 1.54) is 12.3 Å². The topological polar surface area (TPSA) is 110 Å². The van der Waals surface area contributed by atoms with Crippen molar-refractivity contribution in [3.8, 4) is 0 Å². The van der Waals surface area contributed by atoms with Crippen LogP contribution in [0.25, 0.3) is 0 Å². The lowest BCUT2D eigenvalue weighted by Gasteiger charge is -2.07. The lowest BCUT2D eigenvalue weighted by molar-refractivity contribution is -0.113. The summed E-state index contributed by atoms with van der Waals surface area (Å²) in [6, 6.07) is 11.1. The van der Waals surface area contributed by atoms with E-state index in [1.807, 2.05) is 0 Å². The van der Waals surface area contributed by atoms with Gasteiger partial charge >= 0.3 is 0 Å². The van der Waals surface area contributed by atoms with Crippen LogP contribution < -0.4 is 16.6 Å². The zero-order valence-corrected chi connectivity index (χ0v) is 17.0. The fourth-order valence-corrected chi connectivity index (χ4v) is 3.11. The normalized spacial score (nSPS) is 11.0. The third kappa shape index (κ3) is 5.37. The van der Waals surface area contributed by atoms with Gasteiger partial charge in [-0.25, -0.2) is 14.5 Å². The molecule has 0 saturated carbocycles. The van der Waals surface area contributed by atoms with E-state index in [2.05, 4.69) is 26.0 Å². The van der Waals surface area contributed by atoms with Gasteiger partial charge in [0.05, 0.1) is 27.7 Å². The Labute approximate surface area is 179 Å². The van der Waals surface area contributed by atoms with Gasteiger partial charge in [0.2, 0.25) is 11.1 Å². The fraction of sp³-hybridized carbons (Fsp3) is 0.0588. The lowest BCUT2D eigenvalue weighted by Crippen LogP contribution is -2.17. The van der Waals surface area contributed by atoms with E-state index in [1.54, 1.807) is 36.4 Å². The summed E-state index contributed by atoms with van der Waals surface area (Å²) in [5.74, 6) is 5.29. The van der Waals surface area contributed by atoms with Gasteiger partial charge in [0.1, 0.15) is 5.82 Å². The standard InChI is InChI=1S/C17H14Cl2FN7OS/c18-11-5-3-7-13(15(11)19)23-14(28)9-29-17-26-25-16(27(17)21)24-22-8-10-4-1-2-6-12(10)20/h1-8H,9,21H2,(H,23,28)(H,24,25)/b22-8+. The predicted octanol–water partition coefficient (Wildman–Crippen LogP) is 3.61. The maximum atomic E-state index is 13.5. The number of aromatic nitrogens is 3. The summed E-state index contributed by atoms with van der Waals surface area (Å²) in [4.78, 5) is 12.1. The molecule has 0 spiro atoms. The minimum absolute atomic E-state index is 0.0106. The number of rotatable bonds is 7. The van der Waals surface area contributed by atoms with Gasteiger partial charge in [-0.3, -0.25) is 4.79 Å². The molecule has 0 atom stereocenters. The average Bonchev–Trinajstić information content (AvgIpc) is 3.05. The number of carbonyl (C=O) groups excluding carboxylic acids is 1. The SMILES string of the molecule is Nn1c(N/N=C/c2ccccc2F)nnc1SCC(=O)Nc1cccc(Cl)c1Cl. The summed E-state index contributed by atoms with van der Waals surface area (Å²) in [7, 11) is 0. The Bertz CT molecular complexity index is 1060. The minimum atomic E-state index is -0.408. The molecule has 4 N–H and O–H groups in total. The Kier molecular flexibility index (Phi) is 6.91. The average molecular weight is 454 g/mol. The van der Waals surface area contributed by atoms with E-state index < -0.39 is 5.82 Å². The third-order valence-electron chi connectivity index (χ3n) is 3.50. The van der Waals surface area contributed by atoms with Crippen molar-refractivity contribution in [2.24, 2.45) is 5.10 Å². The van der Waals surface area contributed by atoms with Gasteiger partial charge in [-0.1, -0.05) is 59.2 Å². The number of nitrogens with one attached hydrogen (secondary N) is 2. The fourth-order valence-electron chi connectivity index (χ4n) is 2.11. The first-order chi connectivity index (χ1) is 14.0. The summed E-state index contributed by atoms with van der Waals surface area (Å²) >= 11 is 13.0. The predicted molar refractivity (Wildman–Crippen MR) is 114 cm³/mol. The maximum absolute atomic E-state index is 13.5. The molecule has 12 heteroatoms. The largest absolute Gasteiger partial charge is 0.334 e. The molecule has 2 aromatic carbocycles. The van der Waals surface area contributed by atoms with Crippen LogP contribution in [-0.2, 0) is 4.79 Å². The van der Waals surface area contributed by atoms with Crippen molar-refractivity contribution < 1.29 is 9.18 Å². The molecule has 0 radical (unpaired) electrons. The second-order valence-electron chi connectivity index (χ2n) is 5.51. The molecule has 3 rings (SSSR count). The molecule has 3 aromatic rings. The van der Waals surface area contributed by atoms with Gasteiger partial charge in [0, 0.05) is 5.56 Å². The lowest BCUT2D eigenvalue weighted by atomic mass is 10.2. The van der Waals surface area contributed by atoms with Crippen molar-refractivity contribution in [1.82, 2.24) is 14.9 Å². The molecule has 0 unspecified atom stereocenters. The van der Waals surface area contributed by atoms with Gasteiger partial charge in [0.15, 0.2) is 0 Å². The molecule has 1 heterocycles. The van der Waals surface area contributed by atoms with Crippen molar-refractivity contribution in [3.05, 3.63) is 63.9 Å². The summed E-state index contributed by atoms with van der Waals surface area (Å²) in [6.45, 7) is 0. The van der Waals surface area contributed by atoms with Gasteiger partial charge in [-0.15, -0.1) is 10.2 Å². The van der Waals surface area contributed by atoms with Crippen LogP contribution in [-0.4, -0.2) is 32.7 Å². The minimum Gasteiger partial charge on any atom is -0.334 e. The van der Waals surface area contributed by atoms with Gasteiger partial charge < -0.3 is 11.2 Å². The number of nitrogen functional groups attached to an aromatic ring is 1. The van der Waals surface area contributed by atoms with Crippen molar-refractivity contribution >= 4 is 58.7 Å². The van der Waals surface area contributed by atoms with Crippen molar-refractivity contribution in [1.29, 1.82) is 0 Å². The Balaban J connectivity index is 1.56. The van der Waals surface area contributed by atoms with Crippen LogP contribution in [0.2, 0.25) is 10.0 Å². The Morgan fingerprint density at radius 2 is 2.03 bits per heavy atom. The van der Waals surface area contributed by atoms with E-state index in [-0.39, 0.29) is 27.8 Å². The summed E-state index contributed by atoms with van der Waals surface area (Å²) < 4.78 is 14.7. The number of thioether (sulfide) groups is 1. The molecule has 0 aliphatic rings. The monoisotopic (exact) mass is 453 g/mol. The summed E-state index contributed by atoms with van der Waals surface area (Å²) in [5.41, 5.74) is 3.28. The van der Waals surface area contributed by atoms with Crippen molar-refractivity contribution in [2.75, 3.05) is 22.3 Å². The molecular weight excluding hydrogens is 440 g/mol. The number of nitrogens with two attached hydrogens (primary N) is 1. The quantitative estimate of drug-likeness (QED) is 0.218. The highest BCUT2D eigenvalue weighted by molar-refractivity contribution is 7.99. The number of nitrogens with zero attached hydrogens (tertiary/aromatic N) is 4.